The van der Waals surface area contributed by atoms with Crippen molar-refractivity contribution in [2.24, 2.45) is 16.7 Å². The van der Waals surface area contributed by atoms with Crippen LogP contribution in [0.25, 0.3) is 10.9 Å². The zero-order valence-corrected chi connectivity index (χ0v) is 24.1. The molecule has 41 heavy (non-hydrogen) atoms. The first-order valence-electron chi connectivity index (χ1n) is 14.2. The van der Waals surface area contributed by atoms with Crippen molar-refractivity contribution in [3.05, 3.63) is 83.6 Å². The number of hydrogen-bond donors (Lipinski definition) is 1. The van der Waals surface area contributed by atoms with Crippen molar-refractivity contribution in [1.82, 2.24) is 4.57 Å². The molecule has 2 aliphatic heterocycles. The van der Waals surface area contributed by atoms with E-state index in [4.69, 9.17) is 24.1 Å². The summed E-state index contributed by atoms with van der Waals surface area (Å²) in [5.41, 5.74) is 3.95. The second-order valence-electron chi connectivity index (χ2n) is 12.0. The van der Waals surface area contributed by atoms with Gasteiger partial charge in [0, 0.05) is 35.1 Å². The highest BCUT2D eigenvalue weighted by molar-refractivity contribution is 6.11. The Bertz CT molecular complexity index is 1590. The van der Waals surface area contributed by atoms with E-state index in [-0.39, 0.29) is 29.1 Å². The van der Waals surface area contributed by atoms with Crippen molar-refractivity contribution in [3.8, 4) is 23.0 Å². The Morgan fingerprint density at radius 2 is 1.32 bits per heavy atom. The van der Waals surface area contributed by atoms with E-state index in [2.05, 4.69) is 50.5 Å². The molecule has 4 aromatic rings. The number of ketones is 1. The van der Waals surface area contributed by atoms with Crippen LogP contribution in [0.3, 0.4) is 0 Å². The van der Waals surface area contributed by atoms with Gasteiger partial charge in [-0.05, 0) is 52.3 Å². The van der Waals surface area contributed by atoms with Crippen LogP contribution < -0.4 is 18.9 Å². The number of hydrogen-bond acceptors (Lipinski definition) is 6. The van der Waals surface area contributed by atoms with E-state index in [1.165, 1.54) is 0 Å². The molecule has 0 bridgehead atoms. The van der Waals surface area contributed by atoms with Crippen LogP contribution in [0, 0.1) is 16.7 Å². The van der Waals surface area contributed by atoms with Gasteiger partial charge < -0.3 is 28.6 Å². The van der Waals surface area contributed by atoms with Crippen molar-refractivity contribution in [2.75, 3.05) is 26.4 Å². The minimum absolute atomic E-state index is 0.0309. The Morgan fingerprint density at radius 1 is 0.780 bits per heavy atom. The molecule has 1 saturated carbocycles. The number of Topliss-reactive ketones (excluding diaryl/α,β-unsaturated/α-hetero) is 1. The summed E-state index contributed by atoms with van der Waals surface area (Å²) in [6.07, 6.45) is 2.04. The minimum atomic E-state index is 0.0309. The van der Waals surface area contributed by atoms with Crippen LogP contribution in [-0.2, 0) is 13.2 Å². The van der Waals surface area contributed by atoms with Crippen LogP contribution >= 0.6 is 0 Å². The number of ether oxygens (including phenoxy) is 4. The fourth-order valence-electron chi connectivity index (χ4n) is 6.15. The summed E-state index contributed by atoms with van der Waals surface area (Å²) in [6, 6.07) is 19.7. The minimum Gasteiger partial charge on any atom is -0.486 e. The van der Waals surface area contributed by atoms with Crippen LogP contribution in [0.5, 0.6) is 23.0 Å². The Labute approximate surface area is 240 Å². The summed E-state index contributed by atoms with van der Waals surface area (Å²) in [5.74, 6) is 3.40. The van der Waals surface area contributed by atoms with E-state index < -0.39 is 0 Å². The maximum Gasteiger partial charge on any atom is 0.169 e. The smallest absolute Gasteiger partial charge is 0.169 e. The molecule has 7 heteroatoms. The molecule has 3 aliphatic rings. The quantitative estimate of drug-likeness (QED) is 0.292. The van der Waals surface area contributed by atoms with Gasteiger partial charge in [0.15, 0.2) is 28.8 Å². The van der Waals surface area contributed by atoms with Crippen molar-refractivity contribution in [3.63, 3.8) is 0 Å². The van der Waals surface area contributed by atoms with Gasteiger partial charge in [-0.15, -0.1) is 0 Å². The van der Waals surface area contributed by atoms with Crippen molar-refractivity contribution < 1.29 is 28.8 Å². The van der Waals surface area contributed by atoms with Crippen molar-refractivity contribution >= 4 is 16.7 Å². The fourth-order valence-corrected chi connectivity index (χ4v) is 6.15. The van der Waals surface area contributed by atoms with Crippen molar-refractivity contribution in [2.45, 2.75) is 40.8 Å². The van der Waals surface area contributed by atoms with E-state index in [1.807, 2.05) is 42.6 Å². The zero-order chi connectivity index (χ0) is 28.8. The highest BCUT2D eigenvalue weighted by Gasteiger charge is 2.68. The highest BCUT2D eigenvalue weighted by Crippen LogP contribution is 2.69. The predicted molar refractivity (Wildman–Crippen MR) is 157 cm³/mol. The van der Waals surface area contributed by atoms with Gasteiger partial charge in [-0.3, -0.25) is 4.79 Å². The molecule has 3 heterocycles. The number of carbonyl (C=O) groups excluding carboxylic acids is 1. The summed E-state index contributed by atoms with van der Waals surface area (Å²) >= 11 is 0. The van der Waals surface area contributed by atoms with Gasteiger partial charge >= 0.3 is 0 Å². The molecule has 0 atom stereocenters. The lowest BCUT2D eigenvalue weighted by atomic mass is 10.0. The molecule has 7 rings (SSSR count). The SMILES string of the molecule is CC1(C)C(C(=O)c2cn(Cc3ccc4c(c3)OCCO4)c3ccccc23)C1(C)C.OCc1ccc2c(c1)OCCO2. The fraction of sp³-hybridized carbons (Fsp3) is 0.382. The van der Waals surface area contributed by atoms with Gasteiger partial charge in [-0.25, -0.2) is 0 Å². The topological polar surface area (TPSA) is 79.2 Å². The number of nitrogens with zero attached hydrogens (tertiary/aromatic N) is 1. The van der Waals surface area contributed by atoms with E-state index in [0.717, 1.165) is 50.6 Å². The van der Waals surface area contributed by atoms with Gasteiger partial charge in [-0.2, -0.15) is 0 Å². The van der Waals surface area contributed by atoms with Crippen LogP contribution in [0.2, 0.25) is 0 Å². The lowest BCUT2D eigenvalue weighted by Gasteiger charge is -2.19. The van der Waals surface area contributed by atoms with E-state index in [0.29, 0.717) is 33.0 Å². The summed E-state index contributed by atoms with van der Waals surface area (Å²) in [5, 5.41) is 9.88. The average Bonchev–Trinajstić information content (AvgIpc) is 3.22. The Balaban J connectivity index is 0.000000210. The van der Waals surface area contributed by atoms with Crippen LogP contribution in [-0.4, -0.2) is 41.9 Å². The molecule has 1 aliphatic carbocycles. The number of aliphatic hydroxyl groups is 1. The maximum absolute atomic E-state index is 13.5. The second-order valence-corrected chi connectivity index (χ2v) is 12.0. The number of aromatic nitrogens is 1. The van der Waals surface area contributed by atoms with Gasteiger partial charge in [0.05, 0.1) is 6.61 Å². The summed E-state index contributed by atoms with van der Waals surface area (Å²) < 4.78 is 24.2. The van der Waals surface area contributed by atoms with Crippen LogP contribution in [0.15, 0.2) is 66.9 Å². The van der Waals surface area contributed by atoms with Gasteiger partial charge in [-0.1, -0.05) is 58.0 Å². The van der Waals surface area contributed by atoms with Crippen molar-refractivity contribution in [1.29, 1.82) is 0 Å². The largest absolute Gasteiger partial charge is 0.486 e. The maximum atomic E-state index is 13.5. The first-order valence-corrected chi connectivity index (χ1v) is 14.2. The first kappa shape index (κ1) is 27.2. The van der Waals surface area contributed by atoms with Gasteiger partial charge in [0.2, 0.25) is 0 Å². The first-order chi connectivity index (χ1) is 19.7. The molecule has 1 N–H and O–H groups in total. The van der Waals surface area contributed by atoms with E-state index >= 15 is 0 Å². The Morgan fingerprint density at radius 3 is 1.90 bits per heavy atom. The Kier molecular flexibility index (Phi) is 6.94. The monoisotopic (exact) mass is 555 g/mol. The summed E-state index contributed by atoms with van der Waals surface area (Å²) in [7, 11) is 0. The Hall–Kier alpha value is -3.97. The van der Waals surface area contributed by atoms with Crippen LogP contribution in [0.1, 0.15) is 49.2 Å². The molecular weight excluding hydrogens is 518 g/mol. The van der Waals surface area contributed by atoms with Gasteiger partial charge in [0.1, 0.15) is 26.4 Å². The predicted octanol–water partition coefficient (Wildman–Crippen LogP) is 6.28. The molecule has 0 amide bonds. The lowest BCUT2D eigenvalue weighted by molar-refractivity contribution is 0.0946. The molecule has 0 saturated heterocycles. The third-order valence-corrected chi connectivity index (χ3v) is 9.09. The second kappa shape index (κ2) is 10.5. The van der Waals surface area contributed by atoms with Crippen LogP contribution in [0.4, 0.5) is 0 Å². The molecular formula is C34H37NO6. The molecule has 7 nitrogen and oxygen atoms in total. The lowest BCUT2D eigenvalue weighted by Crippen LogP contribution is -2.15. The number of benzene rings is 3. The number of para-hydroxylation sites is 1. The molecule has 0 radical (unpaired) electrons. The normalized spacial score (nSPS) is 17.9. The third-order valence-electron chi connectivity index (χ3n) is 9.09. The standard InChI is InChI=1S/C25H27NO3.C9H10O3/c1-24(2)23(25(24,3)4)22(27)18-15-26(19-8-6-5-7-17(18)19)14-16-9-10-20-21(13-16)29-12-11-28-20;10-6-7-1-2-8-9(5-7)12-4-3-11-8/h5-10,13,15,23H,11-12,14H2,1-4H3;1-2,5,10H,3-4,6H2. The number of aliphatic hydroxyl groups excluding tert-OH is 1. The number of fused-ring (bicyclic) bond motifs is 3. The summed E-state index contributed by atoms with van der Waals surface area (Å²) in [4.78, 5) is 13.5. The van der Waals surface area contributed by atoms with E-state index in [9.17, 15) is 4.79 Å². The molecule has 1 aromatic heterocycles. The highest BCUT2D eigenvalue weighted by atomic mass is 16.6. The molecule has 214 valence electrons. The summed E-state index contributed by atoms with van der Waals surface area (Å²) in [6.45, 7) is 11.9. The zero-order valence-electron chi connectivity index (χ0n) is 24.1. The molecule has 1 fully saturated rings. The molecule has 3 aromatic carbocycles. The molecule has 0 unspecified atom stereocenters. The number of carbonyl (C=O) groups is 1. The third kappa shape index (κ3) is 4.93. The average molecular weight is 556 g/mol. The van der Waals surface area contributed by atoms with Gasteiger partial charge in [0.25, 0.3) is 0 Å². The molecule has 0 spiro atoms. The number of rotatable bonds is 5. The van der Waals surface area contributed by atoms with E-state index in [1.54, 1.807) is 6.07 Å².